The molecule has 0 spiro atoms. The van der Waals surface area contributed by atoms with Gasteiger partial charge in [-0.15, -0.1) is 0 Å². The minimum absolute atomic E-state index is 0.893. The van der Waals surface area contributed by atoms with Crippen LogP contribution in [0.25, 0.3) is 10.9 Å². The maximum atomic E-state index is 5.26. The summed E-state index contributed by atoms with van der Waals surface area (Å²) in [5.74, 6) is 0.893. The van der Waals surface area contributed by atoms with Gasteiger partial charge in [-0.05, 0) is 35.9 Å². The first kappa shape index (κ1) is 10.0. The van der Waals surface area contributed by atoms with Gasteiger partial charge in [0.05, 0.1) is 7.11 Å². The summed E-state index contributed by atoms with van der Waals surface area (Å²) in [7, 11) is 1.69. The van der Waals surface area contributed by atoms with Crippen molar-refractivity contribution < 1.29 is 4.74 Å². The lowest BCUT2D eigenvalue weighted by Crippen LogP contribution is -1.87. The van der Waals surface area contributed by atoms with Crippen LogP contribution in [0.2, 0.25) is 0 Å². The Hall–Kier alpha value is -2.16. The molecule has 0 radical (unpaired) electrons. The van der Waals surface area contributed by atoms with E-state index in [0.29, 0.717) is 0 Å². The largest absolute Gasteiger partial charge is 0.497 e. The molecular formula is C14H14N2O. The van der Waals surface area contributed by atoms with Crippen molar-refractivity contribution in [3.8, 4) is 5.75 Å². The zero-order chi connectivity index (χ0) is 11.7. The van der Waals surface area contributed by atoms with E-state index in [1.165, 1.54) is 16.6 Å². The third-order valence-electron chi connectivity index (χ3n) is 3.02. The summed E-state index contributed by atoms with van der Waals surface area (Å²) in [6.07, 6.45) is 4.91. The van der Waals surface area contributed by atoms with E-state index in [0.717, 1.165) is 17.7 Å². The lowest BCUT2D eigenvalue weighted by molar-refractivity contribution is 0.415. The number of ether oxygens (including phenoxy) is 1. The van der Waals surface area contributed by atoms with Gasteiger partial charge in [-0.1, -0.05) is 0 Å². The highest BCUT2D eigenvalue weighted by molar-refractivity contribution is 5.84. The van der Waals surface area contributed by atoms with Gasteiger partial charge in [0.1, 0.15) is 5.75 Å². The van der Waals surface area contributed by atoms with Crippen molar-refractivity contribution in [2.75, 3.05) is 7.11 Å². The zero-order valence-corrected chi connectivity index (χ0v) is 9.66. The summed E-state index contributed by atoms with van der Waals surface area (Å²) in [6, 6.07) is 10.2. The number of methoxy groups -OCH3 is 1. The topological polar surface area (TPSA) is 40.8 Å². The number of rotatable bonds is 3. The van der Waals surface area contributed by atoms with E-state index < -0.39 is 0 Å². The second kappa shape index (κ2) is 4.01. The number of hydrogen-bond acceptors (Lipinski definition) is 1. The number of nitrogens with one attached hydrogen (secondary N) is 2. The second-order valence-electron chi connectivity index (χ2n) is 4.10. The molecule has 0 saturated heterocycles. The summed E-state index contributed by atoms with van der Waals surface area (Å²) in [5.41, 5.74) is 3.64. The summed E-state index contributed by atoms with van der Waals surface area (Å²) in [5, 5.41) is 1.22. The molecule has 1 aromatic carbocycles. The summed E-state index contributed by atoms with van der Waals surface area (Å²) < 4.78 is 5.26. The van der Waals surface area contributed by atoms with Crippen LogP contribution < -0.4 is 4.74 Å². The molecule has 2 N–H and O–H groups in total. The van der Waals surface area contributed by atoms with Crippen molar-refractivity contribution in [1.29, 1.82) is 0 Å². The molecule has 0 fully saturated rings. The fraction of sp³-hybridized carbons (Fsp3) is 0.143. The van der Waals surface area contributed by atoms with Crippen LogP contribution in [0, 0.1) is 0 Å². The molecule has 2 aromatic heterocycles. The number of hydrogen-bond donors (Lipinski definition) is 2. The van der Waals surface area contributed by atoms with Crippen molar-refractivity contribution in [1.82, 2.24) is 9.97 Å². The first-order chi connectivity index (χ1) is 8.36. The lowest BCUT2D eigenvalue weighted by Gasteiger charge is -2.01. The Morgan fingerprint density at radius 3 is 2.88 bits per heavy atom. The molecule has 0 saturated carbocycles. The fourth-order valence-corrected chi connectivity index (χ4v) is 2.11. The van der Waals surface area contributed by atoms with Crippen molar-refractivity contribution in [3.05, 3.63) is 54.0 Å². The van der Waals surface area contributed by atoms with E-state index in [4.69, 9.17) is 4.74 Å². The average molecular weight is 226 g/mol. The molecule has 0 aliphatic heterocycles. The second-order valence-corrected chi connectivity index (χ2v) is 4.10. The highest BCUT2D eigenvalue weighted by Gasteiger charge is 2.06. The van der Waals surface area contributed by atoms with Gasteiger partial charge in [0.15, 0.2) is 0 Å². The van der Waals surface area contributed by atoms with Crippen LogP contribution in [0.3, 0.4) is 0 Å². The molecule has 86 valence electrons. The molecule has 0 bridgehead atoms. The SMILES string of the molecule is COc1ccc2[nH]cc(Cc3ccc[nH]3)c2c1. The van der Waals surface area contributed by atoms with Gasteiger partial charge in [-0.3, -0.25) is 0 Å². The van der Waals surface area contributed by atoms with Gasteiger partial charge in [0.2, 0.25) is 0 Å². The monoisotopic (exact) mass is 226 g/mol. The Bertz CT molecular complexity index is 623. The van der Waals surface area contributed by atoms with Crippen LogP contribution in [0.1, 0.15) is 11.3 Å². The normalized spacial score (nSPS) is 10.9. The van der Waals surface area contributed by atoms with Crippen molar-refractivity contribution in [2.45, 2.75) is 6.42 Å². The zero-order valence-electron chi connectivity index (χ0n) is 9.66. The number of benzene rings is 1. The van der Waals surface area contributed by atoms with E-state index in [2.05, 4.69) is 28.3 Å². The van der Waals surface area contributed by atoms with Crippen LogP contribution in [0.5, 0.6) is 5.75 Å². The smallest absolute Gasteiger partial charge is 0.119 e. The Kier molecular flexibility index (Phi) is 2.37. The summed E-state index contributed by atoms with van der Waals surface area (Å²) in [4.78, 5) is 6.51. The molecule has 2 heterocycles. The van der Waals surface area contributed by atoms with Gasteiger partial charge in [-0.2, -0.15) is 0 Å². The summed E-state index contributed by atoms with van der Waals surface area (Å²) >= 11 is 0. The summed E-state index contributed by atoms with van der Waals surface area (Å²) in [6.45, 7) is 0. The molecule has 0 unspecified atom stereocenters. The standard InChI is InChI=1S/C14H14N2O/c1-17-12-4-5-14-13(8-12)10(9-16-14)7-11-3-2-6-15-11/h2-6,8-9,15-16H,7H2,1H3. The average Bonchev–Trinajstić information content (AvgIpc) is 2.99. The Balaban J connectivity index is 2.04. The maximum absolute atomic E-state index is 5.26. The first-order valence-corrected chi connectivity index (χ1v) is 5.63. The fourth-order valence-electron chi connectivity index (χ4n) is 2.11. The quantitative estimate of drug-likeness (QED) is 0.708. The molecule has 3 aromatic rings. The Labute approximate surface area is 99.4 Å². The van der Waals surface area contributed by atoms with E-state index in [9.17, 15) is 0 Å². The van der Waals surface area contributed by atoms with Crippen LogP contribution in [0.15, 0.2) is 42.7 Å². The number of aromatic amines is 2. The molecule has 0 aliphatic rings. The van der Waals surface area contributed by atoms with E-state index in [1.807, 2.05) is 24.4 Å². The maximum Gasteiger partial charge on any atom is 0.119 e. The number of aromatic nitrogens is 2. The molecule has 3 nitrogen and oxygen atoms in total. The Morgan fingerprint density at radius 1 is 1.18 bits per heavy atom. The van der Waals surface area contributed by atoms with Gasteiger partial charge >= 0.3 is 0 Å². The molecular weight excluding hydrogens is 212 g/mol. The minimum atomic E-state index is 0.893. The van der Waals surface area contributed by atoms with Crippen molar-refractivity contribution in [2.24, 2.45) is 0 Å². The third kappa shape index (κ3) is 1.80. The van der Waals surface area contributed by atoms with E-state index in [-0.39, 0.29) is 0 Å². The van der Waals surface area contributed by atoms with E-state index >= 15 is 0 Å². The molecule has 17 heavy (non-hydrogen) atoms. The van der Waals surface area contributed by atoms with E-state index in [1.54, 1.807) is 7.11 Å². The van der Waals surface area contributed by atoms with Crippen LogP contribution >= 0.6 is 0 Å². The molecule has 0 atom stereocenters. The number of fused-ring (bicyclic) bond motifs is 1. The van der Waals surface area contributed by atoms with Crippen LogP contribution in [-0.4, -0.2) is 17.1 Å². The highest BCUT2D eigenvalue weighted by atomic mass is 16.5. The predicted molar refractivity (Wildman–Crippen MR) is 68.4 cm³/mol. The molecule has 0 amide bonds. The van der Waals surface area contributed by atoms with Gasteiger partial charge in [0, 0.05) is 35.4 Å². The van der Waals surface area contributed by atoms with Gasteiger partial charge in [0.25, 0.3) is 0 Å². The first-order valence-electron chi connectivity index (χ1n) is 5.63. The van der Waals surface area contributed by atoms with Crippen LogP contribution in [0.4, 0.5) is 0 Å². The van der Waals surface area contributed by atoms with Crippen LogP contribution in [-0.2, 0) is 6.42 Å². The lowest BCUT2D eigenvalue weighted by atomic mass is 10.1. The van der Waals surface area contributed by atoms with Crippen molar-refractivity contribution >= 4 is 10.9 Å². The number of H-pyrrole nitrogens is 2. The minimum Gasteiger partial charge on any atom is -0.497 e. The van der Waals surface area contributed by atoms with Crippen molar-refractivity contribution in [3.63, 3.8) is 0 Å². The Morgan fingerprint density at radius 2 is 2.12 bits per heavy atom. The third-order valence-corrected chi connectivity index (χ3v) is 3.02. The van der Waals surface area contributed by atoms with Gasteiger partial charge < -0.3 is 14.7 Å². The highest BCUT2D eigenvalue weighted by Crippen LogP contribution is 2.24. The molecule has 3 rings (SSSR count). The molecule has 3 heteroatoms. The van der Waals surface area contributed by atoms with Gasteiger partial charge in [-0.25, -0.2) is 0 Å². The predicted octanol–water partition coefficient (Wildman–Crippen LogP) is 3.10. The molecule has 0 aliphatic carbocycles.